The van der Waals surface area contributed by atoms with E-state index in [4.69, 9.17) is 0 Å². The number of anilines is 1. The molecule has 0 saturated heterocycles. The fraction of sp³-hybridized carbons (Fsp3) is 0.304. The standard InChI is InChI=1S/C23H27N5O2/c1-16(17-9-11-20(12-10-17)28-15-24-14-25-28)27(5)21(29)18-7-6-8-19(13-18)26-22(30)23(2,3)4/h6-16H,1-5H3,(H,26,30). The zero-order valence-electron chi connectivity index (χ0n) is 18.0. The first-order chi connectivity index (χ1) is 14.2. The number of hydrogen-bond acceptors (Lipinski definition) is 4. The zero-order chi connectivity index (χ0) is 21.9. The van der Waals surface area contributed by atoms with Gasteiger partial charge in [-0.2, -0.15) is 5.10 Å². The molecule has 30 heavy (non-hydrogen) atoms. The normalized spacial score (nSPS) is 12.3. The lowest BCUT2D eigenvalue weighted by Crippen LogP contribution is -2.30. The van der Waals surface area contributed by atoms with E-state index >= 15 is 0 Å². The maximum absolute atomic E-state index is 13.0. The third-order valence-electron chi connectivity index (χ3n) is 5.01. The van der Waals surface area contributed by atoms with Crippen LogP contribution in [0.2, 0.25) is 0 Å². The second kappa shape index (κ2) is 8.49. The number of amides is 2. The monoisotopic (exact) mass is 405 g/mol. The summed E-state index contributed by atoms with van der Waals surface area (Å²) in [6, 6.07) is 14.7. The van der Waals surface area contributed by atoms with Gasteiger partial charge in [0, 0.05) is 23.7 Å². The van der Waals surface area contributed by atoms with E-state index in [1.807, 2.05) is 52.0 Å². The molecular weight excluding hydrogens is 378 g/mol. The molecule has 0 fully saturated rings. The van der Waals surface area contributed by atoms with Crippen molar-refractivity contribution in [3.8, 4) is 5.69 Å². The molecule has 7 nitrogen and oxygen atoms in total. The zero-order valence-corrected chi connectivity index (χ0v) is 18.0. The van der Waals surface area contributed by atoms with Gasteiger partial charge < -0.3 is 10.2 Å². The maximum atomic E-state index is 13.0. The Labute approximate surface area is 176 Å². The van der Waals surface area contributed by atoms with Crippen molar-refractivity contribution >= 4 is 17.5 Å². The highest BCUT2D eigenvalue weighted by atomic mass is 16.2. The first-order valence-corrected chi connectivity index (χ1v) is 9.80. The molecule has 2 aromatic carbocycles. The van der Waals surface area contributed by atoms with Crippen LogP contribution in [0.1, 0.15) is 49.7 Å². The van der Waals surface area contributed by atoms with E-state index in [1.165, 1.54) is 6.33 Å². The number of carbonyl (C=O) groups is 2. The number of rotatable bonds is 5. The van der Waals surface area contributed by atoms with E-state index in [2.05, 4.69) is 15.4 Å². The number of aromatic nitrogens is 3. The fourth-order valence-corrected chi connectivity index (χ4v) is 2.90. The van der Waals surface area contributed by atoms with Crippen LogP contribution in [-0.4, -0.2) is 38.5 Å². The van der Waals surface area contributed by atoms with Crippen LogP contribution >= 0.6 is 0 Å². The summed E-state index contributed by atoms with van der Waals surface area (Å²) >= 11 is 0. The van der Waals surface area contributed by atoms with Crippen molar-refractivity contribution in [2.24, 2.45) is 5.41 Å². The summed E-state index contributed by atoms with van der Waals surface area (Å²) in [5.41, 5.74) is 2.53. The highest BCUT2D eigenvalue weighted by molar-refractivity contribution is 5.98. The van der Waals surface area contributed by atoms with Gasteiger partial charge in [0.1, 0.15) is 12.7 Å². The molecule has 1 heterocycles. The van der Waals surface area contributed by atoms with E-state index < -0.39 is 5.41 Å². The molecule has 3 rings (SSSR count). The molecule has 1 N–H and O–H groups in total. The lowest BCUT2D eigenvalue weighted by atomic mass is 9.95. The summed E-state index contributed by atoms with van der Waals surface area (Å²) in [6.07, 6.45) is 3.13. The van der Waals surface area contributed by atoms with Crippen molar-refractivity contribution in [2.45, 2.75) is 33.7 Å². The summed E-state index contributed by atoms with van der Waals surface area (Å²) < 4.78 is 1.68. The molecule has 3 aromatic rings. The van der Waals surface area contributed by atoms with Gasteiger partial charge in [-0.25, -0.2) is 9.67 Å². The average Bonchev–Trinajstić information content (AvgIpc) is 3.26. The van der Waals surface area contributed by atoms with Crippen LogP contribution in [0.4, 0.5) is 5.69 Å². The molecule has 1 atom stereocenters. The number of nitrogens with zero attached hydrogens (tertiary/aromatic N) is 4. The largest absolute Gasteiger partial charge is 0.335 e. The van der Waals surface area contributed by atoms with Crippen LogP contribution in [0.5, 0.6) is 0 Å². The van der Waals surface area contributed by atoms with Gasteiger partial charge in [-0.05, 0) is 42.8 Å². The first-order valence-electron chi connectivity index (χ1n) is 9.80. The minimum atomic E-state index is -0.510. The summed E-state index contributed by atoms with van der Waals surface area (Å²) in [7, 11) is 1.78. The maximum Gasteiger partial charge on any atom is 0.254 e. The molecule has 0 bridgehead atoms. The van der Waals surface area contributed by atoms with E-state index in [0.29, 0.717) is 11.3 Å². The number of hydrogen-bond donors (Lipinski definition) is 1. The Balaban J connectivity index is 1.73. The molecule has 1 unspecified atom stereocenters. The summed E-state index contributed by atoms with van der Waals surface area (Å²) in [6.45, 7) is 7.52. The predicted octanol–water partition coefficient (Wildman–Crippen LogP) is 4.09. The van der Waals surface area contributed by atoms with Gasteiger partial charge in [-0.3, -0.25) is 9.59 Å². The molecular formula is C23H27N5O2. The van der Waals surface area contributed by atoms with Crippen molar-refractivity contribution in [3.63, 3.8) is 0 Å². The third kappa shape index (κ3) is 4.74. The molecule has 2 amide bonds. The molecule has 0 saturated carbocycles. The Morgan fingerprint density at radius 2 is 1.80 bits per heavy atom. The topological polar surface area (TPSA) is 80.1 Å². The molecule has 156 valence electrons. The smallest absolute Gasteiger partial charge is 0.254 e. The molecule has 1 aromatic heterocycles. The van der Waals surface area contributed by atoms with E-state index in [1.54, 1.807) is 47.2 Å². The fourth-order valence-electron chi connectivity index (χ4n) is 2.90. The van der Waals surface area contributed by atoms with Crippen molar-refractivity contribution in [2.75, 3.05) is 12.4 Å². The molecule has 0 radical (unpaired) electrons. The molecule has 0 spiro atoms. The summed E-state index contributed by atoms with van der Waals surface area (Å²) in [5.74, 6) is -0.212. The number of carbonyl (C=O) groups excluding carboxylic acids is 2. The van der Waals surface area contributed by atoms with Crippen molar-refractivity contribution in [1.29, 1.82) is 0 Å². The van der Waals surface area contributed by atoms with E-state index in [0.717, 1.165) is 11.3 Å². The Morgan fingerprint density at radius 1 is 1.10 bits per heavy atom. The van der Waals surface area contributed by atoms with E-state index in [9.17, 15) is 9.59 Å². The first kappa shape index (κ1) is 21.2. The van der Waals surface area contributed by atoms with Gasteiger partial charge in [-0.1, -0.05) is 39.0 Å². The van der Waals surface area contributed by atoms with Gasteiger partial charge in [0.25, 0.3) is 5.91 Å². The second-order valence-electron chi connectivity index (χ2n) is 8.31. The van der Waals surface area contributed by atoms with Crippen LogP contribution in [-0.2, 0) is 4.79 Å². The van der Waals surface area contributed by atoms with E-state index in [-0.39, 0.29) is 17.9 Å². The quantitative estimate of drug-likeness (QED) is 0.693. The SMILES string of the molecule is CC(c1ccc(-n2cncn2)cc1)N(C)C(=O)c1cccc(NC(=O)C(C)(C)C)c1. The van der Waals surface area contributed by atoms with Crippen molar-refractivity contribution < 1.29 is 9.59 Å². The van der Waals surface area contributed by atoms with Gasteiger partial charge in [0.05, 0.1) is 11.7 Å². The number of benzene rings is 2. The average molecular weight is 406 g/mol. The lowest BCUT2D eigenvalue weighted by molar-refractivity contribution is -0.123. The van der Waals surface area contributed by atoms with Crippen LogP contribution in [0, 0.1) is 5.41 Å². The van der Waals surface area contributed by atoms with Crippen LogP contribution in [0.3, 0.4) is 0 Å². The molecule has 0 aliphatic rings. The number of nitrogens with one attached hydrogen (secondary N) is 1. The highest BCUT2D eigenvalue weighted by Crippen LogP contribution is 2.23. The Kier molecular flexibility index (Phi) is 6.01. The summed E-state index contributed by atoms with van der Waals surface area (Å²) in [5, 5.41) is 6.99. The van der Waals surface area contributed by atoms with Crippen molar-refractivity contribution in [1.82, 2.24) is 19.7 Å². The Hall–Kier alpha value is -3.48. The van der Waals surface area contributed by atoms with Crippen molar-refractivity contribution in [3.05, 3.63) is 72.3 Å². The summed E-state index contributed by atoms with van der Waals surface area (Å²) in [4.78, 5) is 30.9. The lowest BCUT2D eigenvalue weighted by Gasteiger charge is -2.26. The Morgan fingerprint density at radius 3 is 2.40 bits per heavy atom. The minimum absolute atomic E-state index is 0.0960. The highest BCUT2D eigenvalue weighted by Gasteiger charge is 2.22. The van der Waals surface area contributed by atoms with Gasteiger partial charge in [-0.15, -0.1) is 0 Å². The predicted molar refractivity (Wildman–Crippen MR) is 116 cm³/mol. The van der Waals surface area contributed by atoms with Gasteiger partial charge in [0.2, 0.25) is 5.91 Å². The Bertz CT molecular complexity index is 1020. The second-order valence-corrected chi connectivity index (χ2v) is 8.31. The minimum Gasteiger partial charge on any atom is -0.335 e. The molecule has 0 aliphatic heterocycles. The van der Waals surface area contributed by atoms with Crippen LogP contribution < -0.4 is 5.32 Å². The molecule has 0 aliphatic carbocycles. The van der Waals surface area contributed by atoms with Crippen LogP contribution in [0.25, 0.3) is 5.69 Å². The van der Waals surface area contributed by atoms with Crippen LogP contribution in [0.15, 0.2) is 61.2 Å². The molecule has 7 heteroatoms. The van der Waals surface area contributed by atoms with Gasteiger partial charge >= 0.3 is 0 Å². The third-order valence-corrected chi connectivity index (χ3v) is 5.01. The van der Waals surface area contributed by atoms with Gasteiger partial charge in [0.15, 0.2) is 0 Å².